The molecule has 2 aromatic heterocycles. The Hall–Kier alpha value is -3.84. The van der Waals surface area contributed by atoms with E-state index >= 15 is 8.78 Å². The highest BCUT2D eigenvalue weighted by Crippen LogP contribution is 2.35. The monoisotopic (exact) mass is 540 g/mol. The van der Waals surface area contributed by atoms with Crippen LogP contribution >= 0.6 is 0 Å². The maximum atomic E-state index is 15.3. The summed E-state index contributed by atoms with van der Waals surface area (Å²) in [5.41, 5.74) is 1.25. The molecule has 2 heterocycles. The summed E-state index contributed by atoms with van der Waals surface area (Å²) in [4.78, 5) is 14.9. The second kappa shape index (κ2) is 12.6. The average molecular weight is 541 g/mol. The van der Waals surface area contributed by atoms with Gasteiger partial charge in [0.1, 0.15) is 0 Å². The number of likely N-dealkylation sites (N-methyl/N-ethyl adjacent to an activating group) is 1. The van der Waals surface area contributed by atoms with E-state index in [1.54, 1.807) is 54.7 Å². The zero-order valence-corrected chi connectivity index (χ0v) is 21.5. The van der Waals surface area contributed by atoms with Gasteiger partial charge in [0, 0.05) is 31.0 Å². The molecular formula is C26H26F2N6O3S. The highest BCUT2D eigenvalue weighted by Gasteiger charge is 2.25. The summed E-state index contributed by atoms with van der Waals surface area (Å²) in [7, 11) is 3.91. The number of rotatable bonds is 11. The minimum atomic E-state index is -2.48. The van der Waals surface area contributed by atoms with Crippen molar-refractivity contribution in [3.63, 3.8) is 0 Å². The molecule has 198 valence electrons. The second-order valence-corrected chi connectivity index (χ2v) is 9.18. The molecule has 0 fully saturated rings. The summed E-state index contributed by atoms with van der Waals surface area (Å²) < 4.78 is 59.4. The molecule has 0 bridgehead atoms. The van der Waals surface area contributed by atoms with Crippen molar-refractivity contribution in [1.82, 2.24) is 24.6 Å². The molecule has 0 spiro atoms. The third-order valence-corrected chi connectivity index (χ3v) is 5.93. The second-order valence-electron chi connectivity index (χ2n) is 8.45. The van der Waals surface area contributed by atoms with E-state index in [4.69, 9.17) is 4.74 Å². The summed E-state index contributed by atoms with van der Waals surface area (Å²) in [5.74, 6) is -2.46. The number of benzene rings is 2. The van der Waals surface area contributed by atoms with Gasteiger partial charge < -0.3 is 15.0 Å². The molecule has 0 radical (unpaired) electrons. The van der Waals surface area contributed by atoms with Crippen molar-refractivity contribution in [2.24, 2.45) is 0 Å². The van der Waals surface area contributed by atoms with Crippen LogP contribution in [0.3, 0.4) is 0 Å². The van der Waals surface area contributed by atoms with Crippen LogP contribution in [-0.2, 0) is 11.3 Å². The van der Waals surface area contributed by atoms with Gasteiger partial charge in [-0.2, -0.15) is 4.39 Å². The number of hydrogen-bond acceptors (Lipinski definition) is 7. The van der Waals surface area contributed by atoms with Crippen molar-refractivity contribution in [2.45, 2.75) is 6.04 Å². The lowest BCUT2D eigenvalue weighted by atomic mass is 9.99. The molecule has 0 amide bonds. The Morgan fingerprint density at radius 2 is 1.79 bits per heavy atom. The van der Waals surface area contributed by atoms with Gasteiger partial charge in [0.2, 0.25) is 28.9 Å². The molecule has 0 saturated carbocycles. The van der Waals surface area contributed by atoms with Crippen molar-refractivity contribution in [1.29, 1.82) is 0 Å². The molecule has 12 heteroatoms. The number of ether oxygens (including phenoxy) is 1. The number of halogens is 2. The van der Waals surface area contributed by atoms with Crippen LogP contribution in [-0.4, -0.2) is 55.8 Å². The van der Waals surface area contributed by atoms with Gasteiger partial charge in [0.15, 0.2) is 11.6 Å². The number of anilines is 1. The number of aromatic nitrogens is 3. The molecule has 2 aromatic carbocycles. The van der Waals surface area contributed by atoms with Crippen LogP contribution in [0.4, 0.5) is 14.7 Å². The smallest absolute Gasteiger partial charge is 0.232 e. The molecule has 0 aliphatic carbocycles. The fourth-order valence-corrected chi connectivity index (χ4v) is 4.13. The van der Waals surface area contributed by atoms with Gasteiger partial charge in [-0.25, -0.2) is 28.3 Å². The van der Waals surface area contributed by atoms with Gasteiger partial charge in [0.25, 0.3) is 0 Å². The zero-order valence-electron chi connectivity index (χ0n) is 20.6. The fraction of sp³-hybridized carbons (Fsp3) is 0.192. The first-order chi connectivity index (χ1) is 18.3. The molecule has 0 saturated heterocycles. The standard InChI is InChI=1S/C26H26F2N6O3S/c1-34(2)16-15-31-26-30-14-12-20(32-26)18-9-6-13-29-25(18)37-21-11-10-19(22(27)23(21)28)24(33-38(35)36)17-7-4-3-5-8-17/h3-14,24,33H,15-16H2,1-2H3,(H,35,36)(H,30,31,32). The molecule has 0 aliphatic rings. The predicted molar refractivity (Wildman–Crippen MR) is 141 cm³/mol. The number of nitrogens with zero attached hydrogens (tertiary/aromatic N) is 4. The molecule has 3 N–H and O–H groups in total. The van der Waals surface area contributed by atoms with E-state index in [0.717, 1.165) is 6.54 Å². The first kappa shape index (κ1) is 27.2. The van der Waals surface area contributed by atoms with Crippen LogP contribution in [0.5, 0.6) is 11.6 Å². The van der Waals surface area contributed by atoms with Crippen LogP contribution in [0.15, 0.2) is 73.1 Å². The fourth-order valence-electron chi connectivity index (χ4n) is 3.66. The number of nitrogens with one attached hydrogen (secondary N) is 2. The van der Waals surface area contributed by atoms with E-state index < -0.39 is 34.7 Å². The lowest BCUT2D eigenvalue weighted by Gasteiger charge is -2.19. The Morgan fingerprint density at radius 3 is 2.53 bits per heavy atom. The van der Waals surface area contributed by atoms with Crippen molar-refractivity contribution in [3.05, 3.63) is 95.8 Å². The van der Waals surface area contributed by atoms with E-state index in [0.29, 0.717) is 29.3 Å². The summed E-state index contributed by atoms with van der Waals surface area (Å²) in [6, 6.07) is 14.9. The molecule has 9 nitrogen and oxygen atoms in total. The van der Waals surface area contributed by atoms with E-state index in [2.05, 4.69) is 25.0 Å². The first-order valence-corrected chi connectivity index (χ1v) is 12.7. The molecule has 38 heavy (non-hydrogen) atoms. The van der Waals surface area contributed by atoms with Crippen molar-refractivity contribution < 1.29 is 22.3 Å². The van der Waals surface area contributed by atoms with Crippen molar-refractivity contribution >= 4 is 17.2 Å². The summed E-state index contributed by atoms with van der Waals surface area (Å²) in [6.07, 6.45) is 3.04. The van der Waals surface area contributed by atoms with Crippen molar-refractivity contribution in [2.75, 3.05) is 32.5 Å². The van der Waals surface area contributed by atoms with E-state index in [1.807, 2.05) is 19.0 Å². The lowest BCUT2D eigenvalue weighted by molar-refractivity contribution is 0.402. The maximum absolute atomic E-state index is 15.3. The van der Waals surface area contributed by atoms with Gasteiger partial charge in [-0.15, -0.1) is 0 Å². The molecule has 4 rings (SSSR count). The topological polar surface area (TPSA) is 112 Å². The van der Waals surface area contributed by atoms with E-state index in [9.17, 15) is 8.76 Å². The Morgan fingerprint density at radius 1 is 1.00 bits per heavy atom. The summed E-state index contributed by atoms with van der Waals surface area (Å²) >= 11 is -2.48. The number of hydrogen-bond donors (Lipinski definition) is 3. The third-order valence-electron chi connectivity index (χ3n) is 5.49. The third kappa shape index (κ3) is 6.72. The molecule has 2 atom stereocenters. The highest BCUT2D eigenvalue weighted by molar-refractivity contribution is 7.77. The largest absolute Gasteiger partial charge is 0.435 e. The summed E-state index contributed by atoms with van der Waals surface area (Å²) in [5, 5.41) is 3.14. The van der Waals surface area contributed by atoms with Gasteiger partial charge in [-0.05, 0) is 43.9 Å². The van der Waals surface area contributed by atoms with E-state index in [-0.39, 0.29) is 11.4 Å². The van der Waals surface area contributed by atoms with Crippen LogP contribution in [0.1, 0.15) is 17.2 Å². The summed E-state index contributed by atoms with van der Waals surface area (Å²) in [6.45, 7) is 1.41. The van der Waals surface area contributed by atoms with Crippen LogP contribution in [0, 0.1) is 11.6 Å². The Bertz CT molecular complexity index is 1410. The predicted octanol–water partition coefficient (Wildman–Crippen LogP) is 4.40. The van der Waals surface area contributed by atoms with Crippen molar-refractivity contribution in [3.8, 4) is 22.9 Å². The maximum Gasteiger partial charge on any atom is 0.232 e. The quantitative estimate of drug-likeness (QED) is 0.240. The minimum absolute atomic E-state index is 0.0192. The normalized spacial score (nSPS) is 12.8. The Kier molecular flexibility index (Phi) is 9.02. The van der Waals surface area contributed by atoms with E-state index in [1.165, 1.54) is 18.3 Å². The van der Waals surface area contributed by atoms with Gasteiger partial charge >= 0.3 is 0 Å². The molecule has 2 unspecified atom stereocenters. The Labute approximate surface area is 221 Å². The molecule has 4 aromatic rings. The van der Waals surface area contributed by atoms with Crippen LogP contribution in [0.2, 0.25) is 0 Å². The minimum Gasteiger partial charge on any atom is -0.435 e. The Balaban J connectivity index is 1.63. The van der Waals surface area contributed by atoms with Gasteiger partial charge in [0.05, 0.1) is 17.3 Å². The SMILES string of the molecule is CN(C)CCNc1nccc(-c2cccnc2Oc2ccc(C(NS(=O)O)c3ccccc3)c(F)c2F)n1. The highest BCUT2D eigenvalue weighted by atomic mass is 32.2. The first-order valence-electron chi connectivity index (χ1n) is 11.6. The average Bonchev–Trinajstić information content (AvgIpc) is 2.91. The van der Waals surface area contributed by atoms with Crippen LogP contribution < -0.4 is 14.8 Å². The number of pyridine rings is 1. The zero-order chi connectivity index (χ0) is 27.1. The van der Waals surface area contributed by atoms with Gasteiger partial charge in [-0.1, -0.05) is 36.4 Å². The lowest BCUT2D eigenvalue weighted by Crippen LogP contribution is -2.25. The molecule has 0 aliphatic heterocycles. The van der Waals surface area contributed by atoms with Crippen LogP contribution in [0.25, 0.3) is 11.3 Å². The van der Waals surface area contributed by atoms with Gasteiger partial charge in [-0.3, -0.25) is 4.55 Å². The molecular weight excluding hydrogens is 514 g/mol.